The first-order chi connectivity index (χ1) is 11.6. The van der Waals surface area contributed by atoms with Crippen molar-refractivity contribution in [2.75, 3.05) is 19.0 Å². The van der Waals surface area contributed by atoms with Crippen molar-refractivity contribution < 1.29 is 4.79 Å². The maximum Gasteiger partial charge on any atom is 0.243 e. The zero-order valence-electron chi connectivity index (χ0n) is 14.4. The molecular formula is C20H23N3O. The van der Waals surface area contributed by atoms with Crippen molar-refractivity contribution in [1.82, 2.24) is 5.43 Å². The smallest absolute Gasteiger partial charge is 0.243 e. The molecule has 1 amide bonds. The van der Waals surface area contributed by atoms with Crippen LogP contribution in [0.25, 0.3) is 0 Å². The molecule has 124 valence electrons. The lowest BCUT2D eigenvalue weighted by molar-refractivity contribution is -0.122. The second-order valence-corrected chi connectivity index (χ2v) is 6.47. The van der Waals surface area contributed by atoms with Gasteiger partial charge in [-0.3, -0.25) is 4.79 Å². The van der Waals surface area contributed by atoms with Gasteiger partial charge < -0.3 is 4.90 Å². The van der Waals surface area contributed by atoms with Gasteiger partial charge >= 0.3 is 0 Å². The van der Waals surface area contributed by atoms with E-state index in [1.807, 2.05) is 63.5 Å². The van der Waals surface area contributed by atoms with Crippen LogP contribution in [0.15, 0.2) is 59.7 Å². The third kappa shape index (κ3) is 3.65. The number of rotatable bonds is 5. The van der Waals surface area contributed by atoms with Gasteiger partial charge in [-0.1, -0.05) is 42.5 Å². The summed E-state index contributed by atoms with van der Waals surface area (Å²) in [6.45, 7) is 1.91. The first kappa shape index (κ1) is 16.2. The molecule has 1 N–H and O–H groups in total. The summed E-state index contributed by atoms with van der Waals surface area (Å²) >= 11 is 0. The molecule has 2 atom stereocenters. The fourth-order valence-corrected chi connectivity index (χ4v) is 2.84. The summed E-state index contributed by atoms with van der Waals surface area (Å²) in [5.74, 6) is 0.384. The summed E-state index contributed by atoms with van der Waals surface area (Å²) in [5, 5.41) is 4.26. The van der Waals surface area contributed by atoms with E-state index in [2.05, 4.69) is 27.6 Å². The Bertz CT molecular complexity index is 735. The number of nitrogens with zero attached hydrogens (tertiary/aromatic N) is 2. The van der Waals surface area contributed by atoms with E-state index in [1.54, 1.807) is 0 Å². The van der Waals surface area contributed by atoms with Crippen LogP contribution in [0, 0.1) is 5.92 Å². The van der Waals surface area contributed by atoms with Crippen molar-refractivity contribution in [3.05, 3.63) is 65.7 Å². The lowest BCUT2D eigenvalue weighted by Crippen LogP contribution is -2.21. The summed E-state index contributed by atoms with van der Waals surface area (Å²) in [6, 6.07) is 18.3. The van der Waals surface area contributed by atoms with Crippen molar-refractivity contribution in [2.45, 2.75) is 19.3 Å². The van der Waals surface area contributed by atoms with E-state index in [-0.39, 0.29) is 11.8 Å². The monoisotopic (exact) mass is 321 g/mol. The molecule has 1 saturated carbocycles. The molecule has 1 aliphatic carbocycles. The van der Waals surface area contributed by atoms with Gasteiger partial charge in [0.15, 0.2) is 0 Å². The van der Waals surface area contributed by atoms with Crippen LogP contribution in [0.2, 0.25) is 0 Å². The summed E-state index contributed by atoms with van der Waals surface area (Å²) in [4.78, 5) is 14.3. The van der Waals surface area contributed by atoms with Gasteiger partial charge in [0.1, 0.15) is 0 Å². The number of carbonyl (C=O) groups excluding carboxylic acids is 1. The van der Waals surface area contributed by atoms with Gasteiger partial charge in [-0.05, 0) is 42.5 Å². The molecule has 0 bridgehead atoms. The minimum atomic E-state index is 0.00751. The molecule has 1 aliphatic rings. The summed E-state index contributed by atoms with van der Waals surface area (Å²) in [5.41, 5.74) is 6.91. The topological polar surface area (TPSA) is 44.7 Å². The normalized spacial score (nSPS) is 19.7. The number of hydrazone groups is 1. The molecule has 0 unspecified atom stereocenters. The Balaban J connectivity index is 1.58. The number of hydrogen-bond donors (Lipinski definition) is 1. The molecule has 2 aromatic carbocycles. The molecular weight excluding hydrogens is 298 g/mol. The van der Waals surface area contributed by atoms with Gasteiger partial charge in [-0.2, -0.15) is 5.10 Å². The number of amides is 1. The molecule has 3 rings (SSSR count). The maximum absolute atomic E-state index is 12.2. The molecule has 2 aromatic rings. The highest BCUT2D eigenvalue weighted by molar-refractivity contribution is 5.99. The van der Waals surface area contributed by atoms with Gasteiger partial charge in [0.05, 0.1) is 5.71 Å². The summed E-state index contributed by atoms with van der Waals surface area (Å²) in [6.07, 6.45) is 0.905. The zero-order valence-corrected chi connectivity index (χ0v) is 14.4. The Morgan fingerprint density at radius 3 is 2.38 bits per heavy atom. The molecule has 24 heavy (non-hydrogen) atoms. The van der Waals surface area contributed by atoms with Crippen LogP contribution in [0.1, 0.15) is 30.4 Å². The second kappa shape index (κ2) is 6.87. The molecule has 4 nitrogen and oxygen atoms in total. The first-order valence-electron chi connectivity index (χ1n) is 8.23. The lowest BCUT2D eigenvalue weighted by Gasteiger charge is -2.12. The fraction of sp³-hybridized carbons (Fsp3) is 0.300. The third-order valence-electron chi connectivity index (χ3n) is 4.49. The predicted octanol–water partition coefficient (Wildman–Crippen LogP) is 3.40. The van der Waals surface area contributed by atoms with Crippen LogP contribution in [0.3, 0.4) is 0 Å². The van der Waals surface area contributed by atoms with E-state index in [4.69, 9.17) is 0 Å². The van der Waals surface area contributed by atoms with E-state index in [0.29, 0.717) is 5.92 Å². The van der Waals surface area contributed by atoms with E-state index in [0.717, 1.165) is 23.4 Å². The quantitative estimate of drug-likeness (QED) is 0.677. The highest BCUT2D eigenvalue weighted by Gasteiger charge is 2.43. The molecule has 0 heterocycles. The van der Waals surface area contributed by atoms with E-state index in [1.165, 1.54) is 5.56 Å². The molecule has 0 aromatic heterocycles. The van der Waals surface area contributed by atoms with Gasteiger partial charge in [0, 0.05) is 25.7 Å². The second-order valence-electron chi connectivity index (χ2n) is 6.47. The number of carbonyl (C=O) groups is 1. The molecule has 1 fully saturated rings. The predicted molar refractivity (Wildman–Crippen MR) is 98.4 cm³/mol. The van der Waals surface area contributed by atoms with Gasteiger partial charge in [-0.25, -0.2) is 5.43 Å². The van der Waals surface area contributed by atoms with Crippen LogP contribution >= 0.6 is 0 Å². The number of nitrogens with one attached hydrogen (secondary N) is 1. The summed E-state index contributed by atoms with van der Waals surface area (Å²) in [7, 11) is 4.02. The Labute approximate surface area is 143 Å². The molecule has 4 heteroatoms. The molecule has 0 radical (unpaired) electrons. The van der Waals surface area contributed by atoms with Crippen LogP contribution in [-0.4, -0.2) is 25.7 Å². The van der Waals surface area contributed by atoms with Crippen molar-refractivity contribution in [1.29, 1.82) is 0 Å². The first-order valence-corrected chi connectivity index (χ1v) is 8.23. The van der Waals surface area contributed by atoms with E-state index in [9.17, 15) is 4.79 Å². The van der Waals surface area contributed by atoms with Crippen LogP contribution < -0.4 is 10.3 Å². The molecule has 0 spiro atoms. The minimum absolute atomic E-state index is 0.00751. The van der Waals surface area contributed by atoms with Gasteiger partial charge in [0.2, 0.25) is 5.91 Å². The van der Waals surface area contributed by atoms with Crippen molar-refractivity contribution in [3.63, 3.8) is 0 Å². The van der Waals surface area contributed by atoms with E-state index >= 15 is 0 Å². The fourth-order valence-electron chi connectivity index (χ4n) is 2.84. The SMILES string of the molecule is C/C(=N/NC(=O)[C@@H]1C[C@@H]1c1ccccc1)c1ccc(N(C)C)cc1. The standard InChI is InChI=1S/C20H23N3O/c1-14(15-9-11-17(12-10-15)23(2)3)21-22-20(24)19-13-18(19)16-7-5-4-6-8-16/h4-12,18-19H,13H2,1-3H3,(H,22,24)/b21-14-/t18-,19-/m1/s1. The lowest BCUT2D eigenvalue weighted by atomic mass is 10.1. The molecule has 0 aliphatic heterocycles. The Morgan fingerprint density at radius 1 is 1.08 bits per heavy atom. The van der Waals surface area contributed by atoms with E-state index < -0.39 is 0 Å². The average Bonchev–Trinajstić information content (AvgIpc) is 3.41. The highest BCUT2D eigenvalue weighted by Crippen LogP contribution is 2.47. The summed E-state index contributed by atoms with van der Waals surface area (Å²) < 4.78 is 0. The third-order valence-corrected chi connectivity index (χ3v) is 4.49. The Kier molecular flexibility index (Phi) is 4.65. The minimum Gasteiger partial charge on any atom is -0.378 e. The highest BCUT2D eigenvalue weighted by atomic mass is 16.2. The number of hydrogen-bond acceptors (Lipinski definition) is 3. The van der Waals surface area contributed by atoms with Crippen molar-refractivity contribution >= 4 is 17.3 Å². The van der Waals surface area contributed by atoms with Gasteiger partial charge in [0.25, 0.3) is 0 Å². The Hall–Kier alpha value is -2.62. The largest absolute Gasteiger partial charge is 0.378 e. The zero-order chi connectivity index (χ0) is 17.1. The van der Waals surface area contributed by atoms with Crippen molar-refractivity contribution in [3.8, 4) is 0 Å². The average molecular weight is 321 g/mol. The van der Waals surface area contributed by atoms with Crippen LogP contribution in [0.5, 0.6) is 0 Å². The maximum atomic E-state index is 12.2. The van der Waals surface area contributed by atoms with Crippen LogP contribution in [-0.2, 0) is 4.79 Å². The van der Waals surface area contributed by atoms with Crippen molar-refractivity contribution in [2.24, 2.45) is 11.0 Å². The Morgan fingerprint density at radius 2 is 1.75 bits per heavy atom. The van der Waals surface area contributed by atoms with Gasteiger partial charge in [-0.15, -0.1) is 0 Å². The number of benzene rings is 2. The molecule has 0 saturated heterocycles. The number of anilines is 1. The van der Waals surface area contributed by atoms with Crippen LogP contribution in [0.4, 0.5) is 5.69 Å².